The molecule has 0 saturated carbocycles. The quantitative estimate of drug-likeness (QED) is 0.555. The van der Waals surface area contributed by atoms with E-state index in [1.807, 2.05) is 19.1 Å². The van der Waals surface area contributed by atoms with Crippen molar-refractivity contribution in [3.8, 4) is 0 Å². The van der Waals surface area contributed by atoms with Crippen molar-refractivity contribution >= 4 is 38.5 Å². The highest BCUT2D eigenvalue weighted by Gasteiger charge is 2.15. The Labute approximate surface area is 189 Å². The Kier molecular flexibility index (Phi) is 9.28. The Bertz CT molecular complexity index is 858. The summed E-state index contributed by atoms with van der Waals surface area (Å²) in [5.74, 6) is 0.114. The van der Waals surface area contributed by atoms with E-state index in [1.54, 1.807) is 0 Å². The number of aryl methyl sites for hydroxylation is 1. The number of hydrogen-bond donors (Lipinski definition) is 2. The number of thiazole rings is 1. The second-order valence-corrected chi connectivity index (χ2v) is 9.59. The first-order valence-electron chi connectivity index (χ1n) is 11.7. The summed E-state index contributed by atoms with van der Waals surface area (Å²) in [6, 6.07) is 6.60. The third-order valence-electron chi connectivity index (χ3n) is 5.97. The summed E-state index contributed by atoms with van der Waals surface area (Å²) in [6.07, 6.45) is 8.82. The van der Waals surface area contributed by atoms with Crippen LogP contribution in [-0.2, 0) is 16.0 Å². The smallest absolute Gasteiger partial charge is 0.226 e. The van der Waals surface area contributed by atoms with E-state index in [-0.39, 0.29) is 11.8 Å². The van der Waals surface area contributed by atoms with Crippen molar-refractivity contribution in [2.75, 3.05) is 25.0 Å². The number of benzene rings is 1. The Morgan fingerprint density at radius 2 is 1.90 bits per heavy atom. The number of anilines is 1. The molecule has 1 unspecified atom stereocenters. The van der Waals surface area contributed by atoms with E-state index in [2.05, 4.69) is 33.5 Å². The standard InChI is InChI=1S/C24H36N4O2S/c1-3-8-23(30)27-24-26-20-11-9-19(17-21(20)31-24)10-12-22(29)25-14-13-18(2)28-15-6-4-5-7-16-28/h9,11,17-18H,3-8,10,12-16H2,1-2H3,(H,25,29)(H,26,27,30). The SMILES string of the molecule is CCCC(=O)Nc1nc2ccc(CCC(=O)NCCC(C)N3CCCCCC3)cc2s1. The van der Waals surface area contributed by atoms with Crippen molar-refractivity contribution in [3.63, 3.8) is 0 Å². The number of amides is 2. The third kappa shape index (κ3) is 7.58. The molecule has 0 bridgehead atoms. The van der Waals surface area contributed by atoms with Gasteiger partial charge in [-0.15, -0.1) is 0 Å². The maximum atomic E-state index is 12.3. The Morgan fingerprint density at radius 3 is 2.65 bits per heavy atom. The number of aromatic nitrogens is 1. The van der Waals surface area contributed by atoms with E-state index in [4.69, 9.17) is 0 Å². The maximum absolute atomic E-state index is 12.3. The van der Waals surface area contributed by atoms with Crippen LogP contribution in [0.4, 0.5) is 5.13 Å². The van der Waals surface area contributed by atoms with Gasteiger partial charge >= 0.3 is 0 Å². The van der Waals surface area contributed by atoms with Crippen LogP contribution in [0.5, 0.6) is 0 Å². The fourth-order valence-corrected chi connectivity index (χ4v) is 5.02. The van der Waals surface area contributed by atoms with Crippen LogP contribution in [0.1, 0.15) is 70.8 Å². The minimum Gasteiger partial charge on any atom is -0.356 e. The normalized spacial score (nSPS) is 16.1. The van der Waals surface area contributed by atoms with Gasteiger partial charge in [0.1, 0.15) is 0 Å². The fraction of sp³-hybridized carbons (Fsp3) is 0.625. The highest BCUT2D eigenvalue weighted by atomic mass is 32.1. The summed E-state index contributed by atoms with van der Waals surface area (Å²) in [7, 11) is 0. The molecule has 1 aromatic heterocycles. The average Bonchev–Trinajstić information content (AvgIpc) is 2.95. The van der Waals surface area contributed by atoms with Gasteiger partial charge in [0.2, 0.25) is 11.8 Å². The first-order chi connectivity index (χ1) is 15.0. The molecule has 2 heterocycles. The fourth-order valence-electron chi connectivity index (χ4n) is 4.07. The van der Waals surface area contributed by atoms with Gasteiger partial charge in [0.05, 0.1) is 10.2 Å². The number of hydrogen-bond acceptors (Lipinski definition) is 5. The van der Waals surface area contributed by atoms with Crippen LogP contribution in [0.3, 0.4) is 0 Å². The number of nitrogens with zero attached hydrogens (tertiary/aromatic N) is 2. The molecular formula is C24H36N4O2S. The lowest BCUT2D eigenvalue weighted by molar-refractivity contribution is -0.121. The molecule has 1 saturated heterocycles. The number of carbonyl (C=O) groups excluding carboxylic acids is 2. The predicted octanol–water partition coefficient (Wildman–Crippen LogP) is 4.74. The van der Waals surface area contributed by atoms with E-state index in [9.17, 15) is 9.59 Å². The molecule has 0 aliphatic carbocycles. The molecule has 1 aliphatic rings. The van der Waals surface area contributed by atoms with E-state index >= 15 is 0 Å². The third-order valence-corrected chi connectivity index (χ3v) is 6.90. The molecule has 1 aromatic carbocycles. The molecule has 31 heavy (non-hydrogen) atoms. The number of nitrogens with one attached hydrogen (secondary N) is 2. The lowest BCUT2D eigenvalue weighted by atomic mass is 10.1. The molecule has 2 amide bonds. The summed E-state index contributed by atoms with van der Waals surface area (Å²) >= 11 is 1.48. The zero-order chi connectivity index (χ0) is 22.1. The zero-order valence-corrected chi connectivity index (χ0v) is 19.7. The summed E-state index contributed by atoms with van der Waals surface area (Å²) in [6.45, 7) is 7.39. The van der Waals surface area contributed by atoms with Crippen molar-refractivity contribution in [3.05, 3.63) is 23.8 Å². The largest absolute Gasteiger partial charge is 0.356 e. The summed E-state index contributed by atoms with van der Waals surface area (Å²) in [4.78, 5) is 31.1. The molecule has 0 spiro atoms. The molecule has 6 nitrogen and oxygen atoms in total. The van der Waals surface area contributed by atoms with Crippen LogP contribution >= 0.6 is 11.3 Å². The van der Waals surface area contributed by atoms with Gasteiger partial charge in [0, 0.05) is 25.4 Å². The van der Waals surface area contributed by atoms with E-state index in [1.165, 1.54) is 50.1 Å². The molecule has 3 rings (SSSR count). The molecule has 1 fully saturated rings. The first kappa shape index (κ1) is 23.7. The zero-order valence-electron chi connectivity index (χ0n) is 18.9. The van der Waals surface area contributed by atoms with Crippen LogP contribution in [0, 0.1) is 0 Å². The first-order valence-corrected chi connectivity index (χ1v) is 12.6. The van der Waals surface area contributed by atoms with Crippen molar-refractivity contribution in [1.82, 2.24) is 15.2 Å². The van der Waals surface area contributed by atoms with Crippen LogP contribution in [0.2, 0.25) is 0 Å². The van der Waals surface area contributed by atoms with Gasteiger partial charge in [0.25, 0.3) is 0 Å². The summed E-state index contributed by atoms with van der Waals surface area (Å²) < 4.78 is 1.04. The van der Waals surface area contributed by atoms with Gasteiger partial charge < -0.3 is 15.5 Å². The maximum Gasteiger partial charge on any atom is 0.226 e. The monoisotopic (exact) mass is 444 g/mol. The second kappa shape index (κ2) is 12.2. The molecule has 170 valence electrons. The van der Waals surface area contributed by atoms with E-state index < -0.39 is 0 Å². The van der Waals surface area contributed by atoms with Crippen LogP contribution < -0.4 is 10.6 Å². The number of rotatable bonds is 10. The minimum atomic E-state index is 0.00334. The van der Waals surface area contributed by atoms with Gasteiger partial charge in [-0.1, -0.05) is 37.2 Å². The minimum absolute atomic E-state index is 0.00334. The van der Waals surface area contributed by atoms with Crippen LogP contribution in [0.25, 0.3) is 10.2 Å². The summed E-state index contributed by atoms with van der Waals surface area (Å²) in [5.41, 5.74) is 2.00. The van der Waals surface area contributed by atoms with Crippen molar-refractivity contribution in [1.29, 1.82) is 0 Å². The van der Waals surface area contributed by atoms with Crippen molar-refractivity contribution < 1.29 is 9.59 Å². The lowest BCUT2D eigenvalue weighted by Gasteiger charge is -2.27. The van der Waals surface area contributed by atoms with Gasteiger partial charge in [-0.05, 0) is 69.8 Å². The average molecular weight is 445 g/mol. The predicted molar refractivity (Wildman–Crippen MR) is 129 cm³/mol. The highest BCUT2D eigenvalue weighted by Crippen LogP contribution is 2.27. The number of likely N-dealkylation sites (tertiary alicyclic amines) is 1. The van der Waals surface area contributed by atoms with Crippen LogP contribution in [-0.4, -0.2) is 47.4 Å². The molecule has 1 atom stereocenters. The van der Waals surface area contributed by atoms with Gasteiger partial charge in [0.15, 0.2) is 5.13 Å². The molecule has 7 heteroatoms. The van der Waals surface area contributed by atoms with Gasteiger partial charge in [-0.3, -0.25) is 9.59 Å². The Morgan fingerprint density at radius 1 is 1.13 bits per heavy atom. The topological polar surface area (TPSA) is 74.3 Å². The van der Waals surface area contributed by atoms with Gasteiger partial charge in [-0.25, -0.2) is 4.98 Å². The number of fused-ring (bicyclic) bond motifs is 1. The number of carbonyl (C=O) groups is 2. The Hall–Kier alpha value is -1.99. The molecule has 2 aromatic rings. The Balaban J connectivity index is 1.41. The van der Waals surface area contributed by atoms with E-state index in [0.29, 0.717) is 30.4 Å². The summed E-state index contributed by atoms with van der Waals surface area (Å²) in [5, 5.41) is 6.59. The molecule has 0 radical (unpaired) electrons. The molecule has 1 aliphatic heterocycles. The van der Waals surface area contributed by atoms with E-state index in [0.717, 1.165) is 35.2 Å². The van der Waals surface area contributed by atoms with Crippen molar-refractivity contribution in [2.24, 2.45) is 0 Å². The lowest BCUT2D eigenvalue weighted by Crippen LogP contribution is -2.37. The van der Waals surface area contributed by atoms with Crippen LogP contribution in [0.15, 0.2) is 18.2 Å². The molecule has 2 N–H and O–H groups in total. The van der Waals surface area contributed by atoms with Gasteiger partial charge in [-0.2, -0.15) is 0 Å². The van der Waals surface area contributed by atoms with Crippen molar-refractivity contribution in [2.45, 2.75) is 77.7 Å². The second-order valence-electron chi connectivity index (χ2n) is 8.56. The molecular weight excluding hydrogens is 408 g/mol. The highest BCUT2D eigenvalue weighted by molar-refractivity contribution is 7.22.